The minimum absolute atomic E-state index is 0.298. The first-order chi connectivity index (χ1) is 10.2. The van der Waals surface area contributed by atoms with Crippen LogP contribution in [0, 0.1) is 5.41 Å². The van der Waals surface area contributed by atoms with Crippen LogP contribution in [0.2, 0.25) is 0 Å². The van der Waals surface area contributed by atoms with Crippen molar-refractivity contribution in [1.29, 1.82) is 0 Å². The van der Waals surface area contributed by atoms with Crippen LogP contribution in [0.25, 0.3) is 0 Å². The Morgan fingerprint density at radius 2 is 1.62 bits per heavy atom. The van der Waals surface area contributed by atoms with Gasteiger partial charge in [0.05, 0.1) is 5.41 Å². The third-order valence-corrected chi connectivity index (χ3v) is 5.86. The highest BCUT2D eigenvalue weighted by Crippen LogP contribution is 2.30. The molecule has 0 unspecified atom stereocenters. The molecule has 2 rings (SSSR count). The van der Waals surface area contributed by atoms with E-state index in [1.807, 2.05) is 0 Å². The molecule has 21 heavy (non-hydrogen) atoms. The van der Waals surface area contributed by atoms with Gasteiger partial charge in [0.1, 0.15) is 0 Å². The van der Waals surface area contributed by atoms with Gasteiger partial charge < -0.3 is 15.5 Å². The van der Waals surface area contributed by atoms with E-state index in [0.717, 1.165) is 38.8 Å². The van der Waals surface area contributed by atoms with E-state index < -0.39 is 0 Å². The van der Waals surface area contributed by atoms with E-state index in [1.54, 1.807) is 0 Å². The Bertz CT molecular complexity index is 319. The molecular weight excluding hydrogens is 262 g/mol. The standard InChI is InChI=1S/C17H33N3O/c1-3-17(4-2,14-18)16(21)20-12-8-15(9-13-20)19-10-6-5-7-11-19/h15H,3-14,18H2,1-2H3. The molecular formula is C17H33N3O. The smallest absolute Gasteiger partial charge is 0.230 e. The molecule has 4 nitrogen and oxygen atoms in total. The number of nitrogens with two attached hydrogens (primary N) is 1. The predicted molar refractivity (Wildman–Crippen MR) is 87.1 cm³/mol. The second-order valence-corrected chi connectivity index (χ2v) is 6.81. The van der Waals surface area contributed by atoms with Gasteiger partial charge in [-0.15, -0.1) is 0 Å². The van der Waals surface area contributed by atoms with Crippen LogP contribution in [0.4, 0.5) is 0 Å². The van der Waals surface area contributed by atoms with Gasteiger partial charge in [-0.3, -0.25) is 4.79 Å². The normalized spacial score (nSPS) is 22.5. The van der Waals surface area contributed by atoms with Gasteiger partial charge in [-0.05, 0) is 51.6 Å². The molecule has 0 bridgehead atoms. The number of amides is 1. The Morgan fingerprint density at radius 1 is 1.05 bits per heavy atom. The molecule has 2 saturated heterocycles. The molecule has 0 atom stereocenters. The summed E-state index contributed by atoms with van der Waals surface area (Å²) in [7, 11) is 0. The number of piperidine rings is 2. The summed E-state index contributed by atoms with van der Waals surface area (Å²) < 4.78 is 0. The summed E-state index contributed by atoms with van der Waals surface area (Å²) in [5.41, 5.74) is 5.60. The lowest BCUT2D eigenvalue weighted by atomic mass is 9.80. The Hall–Kier alpha value is -0.610. The molecule has 0 radical (unpaired) electrons. The van der Waals surface area contributed by atoms with Gasteiger partial charge in [0.25, 0.3) is 0 Å². The lowest BCUT2D eigenvalue weighted by Gasteiger charge is -2.43. The lowest BCUT2D eigenvalue weighted by Crippen LogP contribution is -2.53. The second-order valence-electron chi connectivity index (χ2n) is 6.81. The number of nitrogens with zero attached hydrogens (tertiary/aromatic N) is 2. The Balaban J connectivity index is 1.89. The minimum Gasteiger partial charge on any atom is -0.342 e. The third kappa shape index (κ3) is 3.59. The predicted octanol–water partition coefficient (Wildman–Crippen LogP) is 2.23. The maximum atomic E-state index is 12.8. The first-order valence-electron chi connectivity index (χ1n) is 8.90. The topological polar surface area (TPSA) is 49.6 Å². The van der Waals surface area contributed by atoms with Crippen molar-refractivity contribution in [2.45, 2.75) is 64.8 Å². The summed E-state index contributed by atoms with van der Waals surface area (Å²) in [6.45, 7) is 9.02. The summed E-state index contributed by atoms with van der Waals surface area (Å²) >= 11 is 0. The number of hydrogen-bond donors (Lipinski definition) is 1. The molecule has 0 aromatic heterocycles. The molecule has 2 N–H and O–H groups in total. The molecule has 0 aromatic carbocycles. The van der Waals surface area contributed by atoms with Gasteiger partial charge in [-0.1, -0.05) is 20.3 Å². The van der Waals surface area contributed by atoms with Crippen molar-refractivity contribution in [2.24, 2.45) is 11.1 Å². The zero-order chi connectivity index (χ0) is 15.3. The van der Waals surface area contributed by atoms with Crippen LogP contribution < -0.4 is 5.73 Å². The van der Waals surface area contributed by atoms with E-state index in [9.17, 15) is 4.79 Å². The molecule has 2 heterocycles. The van der Waals surface area contributed by atoms with Crippen molar-refractivity contribution in [3.63, 3.8) is 0 Å². The van der Waals surface area contributed by atoms with Crippen LogP contribution in [-0.2, 0) is 4.79 Å². The van der Waals surface area contributed by atoms with Crippen LogP contribution in [-0.4, -0.2) is 54.5 Å². The number of rotatable bonds is 5. The Labute approximate surface area is 130 Å². The summed E-state index contributed by atoms with van der Waals surface area (Å²) in [5.74, 6) is 0.298. The van der Waals surface area contributed by atoms with E-state index in [-0.39, 0.29) is 5.41 Å². The molecule has 0 aromatic rings. The summed E-state index contributed by atoms with van der Waals surface area (Å²) in [5, 5.41) is 0. The van der Waals surface area contributed by atoms with Gasteiger partial charge >= 0.3 is 0 Å². The number of hydrogen-bond acceptors (Lipinski definition) is 3. The molecule has 4 heteroatoms. The van der Waals surface area contributed by atoms with Crippen molar-refractivity contribution in [2.75, 3.05) is 32.7 Å². The number of carbonyl (C=O) groups excluding carboxylic acids is 1. The van der Waals surface area contributed by atoms with E-state index in [0.29, 0.717) is 18.5 Å². The molecule has 0 aliphatic carbocycles. The van der Waals surface area contributed by atoms with E-state index in [4.69, 9.17) is 5.73 Å². The fraction of sp³-hybridized carbons (Fsp3) is 0.941. The molecule has 122 valence electrons. The Morgan fingerprint density at radius 3 is 2.10 bits per heavy atom. The highest BCUT2D eigenvalue weighted by molar-refractivity contribution is 5.83. The largest absolute Gasteiger partial charge is 0.342 e. The second kappa shape index (κ2) is 7.59. The zero-order valence-corrected chi connectivity index (χ0v) is 13.9. The quantitative estimate of drug-likeness (QED) is 0.846. The van der Waals surface area contributed by atoms with Crippen molar-refractivity contribution in [1.82, 2.24) is 9.80 Å². The SMILES string of the molecule is CCC(CC)(CN)C(=O)N1CCC(N2CCCCC2)CC1. The van der Waals surface area contributed by atoms with Crippen molar-refractivity contribution < 1.29 is 4.79 Å². The van der Waals surface area contributed by atoms with Gasteiger partial charge in [0.2, 0.25) is 5.91 Å². The minimum atomic E-state index is -0.321. The fourth-order valence-electron chi connectivity index (χ4n) is 3.98. The first-order valence-corrected chi connectivity index (χ1v) is 8.90. The van der Waals surface area contributed by atoms with E-state index in [1.165, 1.54) is 32.4 Å². The van der Waals surface area contributed by atoms with Gasteiger partial charge in [0, 0.05) is 25.7 Å². The van der Waals surface area contributed by atoms with Gasteiger partial charge in [-0.25, -0.2) is 0 Å². The molecule has 1 amide bonds. The van der Waals surface area contributed by atoms with Crippen molar-refractivity contribution in [3.8, 4) is 0 Å². The maximum Gasteiger partial charge on any atom is 0.230 e. The van der Waals surface area contributed by atoms with Crippen LogP contribution in [0.5, 0.6) is 0 Å². The summed E-state index contributed by atoms with van der Waals surface area (Å²) in [6.07, 6.45) is 8.07. The lowest BCUT2D eigenvalue weighted by molar-refractivity contribution is -0.143. The third-order valence-electron chi connectivity index (χ3n) is 5.86. The molecule has 2 aliphatic heterocycles. The van der Waals surface area contributed by atoms with Gasteiger partial charge in [-0.2, -0.15) is 0 Å². The average Bonchev–Trinajstić information content (AvgIpc) is 2.58. The van der Waals surface area contributed by atoms with E-state index in [2.05, 4.69) is 23.6 Å². The average molecular weight is 295 g/mol. The molecule has 2 fully saturated rings. The number of carbonyl (C=O) groups is 1. The molecule has 2 aliphatic rings. The molecule has 0 saturated carbocycles. The zero-order valence-electron chi connectivity index (χ0n) is 13.9. The highest BCUT2D eigenvalue weighted by atomic mass is 16.2. The van der Waals surface area contributed by atoms with Crippen LogP contribution in [0.15, 0.2) is 0 Å². The molecule has 0 spiro atoms. The highest BCUT2D eigenvalue weighted by Gasteiger charge is 2.38. The fourth-order valence-corrected chi connectivity index (χ4v) is 3.98. The summed E-state index contributed by atoms with van der Waals surface area (Å²) in [4.78, 5) is 17.6. The van der Waals surface area contributed by atoms with Crippen LogP contribution in [0.3, 0.4) is 0 Å². The monoisotopic (exact) mass is 295 g/mol. The van der Waals surface area contributed by atoms with Crippen LogP contribution in [0.1, 0.15) is 58.8 Å². The maximum absolute atomic E-state index is 12.8. The number of likely N-dealkylation sites (tertiary alicyclic amines) is 2. The Kier molecular flexibility index (Phi) is 6.06. The van der Waals surface area contributed by atoms with Crippen molar-refractivity contribution >= 4 is 5.91 Å². The van der Waals surface area contributed by atoms with Crippen LogP contribution >= 0.6 is 0 Å². The first kappa shape index (κ1) is 16.8. The summed E-state index contributed by atoms with van der Waals surface area (Å²) in [6, 6.07) is 0.699. The van der Waals surface area contributed by atoms with Gasteiger partial charge in [0.15, 0.2) is 0 Å². The van der Waals surface area contributed by atoms with Crippen molar-refractivity contribution in [3.05, 3.63) is 0 Å². The van der Waals surface area contributed by atoms with E-state index >= 15 is 0 Å².